The van der Waals surface area contributed by atoms with E-state index in [1.54, 1.807) is 0 Å². The number of rotatable bonds is 7. The van der Waals surface area contributed by atoms with Gasteiger partial charge < -0.3 is 5.32 Å². The molecule has 20 heavy (non-hydrogen) atoms. The summed E-state index contributed by atoms with van der Waals surface area (Å²) in [7, 11) is -4.51. The van der Waals surface area contributed by atoms with Gasteiger partial charge in [-0.15, -0.1) is 11.6 Å². The Morgan fingerprint density at radius 2 is 1.85 bits per heavy atom. The summed E-state index contributed by atoms with van der Waals surface area (Å²) in [5.74, 6) is -2.77. The lowest BCUT2D eigenvalue weighted by molar-refractivity contribution is 0.234. The highest BCUT2D eigenvalue weighted by Gasteiger charge is 2.41. The molecular formula is C13H16ClF2NO2S. The molecule has 1 aliphatic carbocycles. The van der Waals surface area contributed by atoms with Crippen LogP contribution in [0.15, 0.2) is 29.2 Å². The predicted octanol–water partition coefficient (Wildman–Crippen LogP) is 3.50. The molecule has 1 aliphatic rings. The second kappa shape index (κ2) is 5.85. The van der Waals surface area contributed by atoms with Crippen LogP contribution >= 0.6 is 11.6 Å². The zero-order valence-electron chi connectivity index (χ0n) is 10.8. The third kappa shape index (κ3) is 3.41. The molecule has 0 bridgehead atoms. The summed E-state index contributed by atoms with van der Waals surface area (Å²) in [4.78, 5) is -0.361. The molecule has 1 N–H and O–H groups in total. The van der Waals surface area contributed by atoms with Crippen LogP contribution in [0.3, 0.4) is 0 Å². The van der Waals surface area contributed by atoms with Gasteiger partial charge in [0.05, 0.1) is 4.90 Å². The summed E-state index contributed by atoms with van der Waals surface area (Å²) in [5, 5.41) is 3.20. The van der Waals surface area contributed by atoms with Gasteiger partial charge in [0.25, 0.3) is 0 Å². The Labute approximate surface area is 122 Å². The summed E-state index contributed by atoms with van der Waals surface area (Å²) in [6.45, 7) is 0.765. The van der Waals surface area contributed by atoms with Crippen LogP contribution < -0.4 is 5.32 Å². The van der Waals surface area contributed by atoms with E-state index in [1.165, 1.54) is 24.3 Å². The van der Waals surface area contributed by atoms with E-state index >= 15 is 0 Å². The maximum atomic E-state index is 12.4. The summed E-state index contributed by atoms with van der Waals surface area (Å²) in [6.07, 6.45) is 3.20. The number of anilines is 1. The highest BCUT2D eigenvalue weighted by Crippen LogP contribution is 2.48. The van der Waals surface area contributed by atoms with E-state index < -0.39 is 15.6 Å². The van der Waals surface area contributed by atoms with Crippen molar-refractivity contribution in [2.45, 2.75) is 29.9 Å². The first-order valence-corrected chi connectivity index (χ1v) is 8.40. The molecule has 0 atom stereocenters. The van der Waals surface area contributed by atoms with Crippen molar-refractivity contribution in [2.24, 2.45) is 5.41 Å². The van der Waals surface area contributed by atoms with Gasteiger partial charge in [0.1, 0.15) is 0 Å². The van der Waals surface area contributed by atoms with Gasteiger partial charge in [-0.2, -0.15) is 8.78 Å². The van der Waals surface area contributed by atoms with E-state index in [0.717, 1.165) is 31.5 Å². The normalized spacial score (nSPS) is 17.2. The van der Waals surface area contributed by atoms with Crippen LogP contribution in [0, 0.1) is 5.41 Å². The molecule has 1 aromatic carbocycles. The lowest BCUT2D eigenvalue weighted by atomic mass is 10.0. The number of hydrogen-bond acceptors (Lipinski definition) is 3. The quantitative estimate of drug-likeness (QED) is 0.781. The van der Waals surface area contributed by atoms with Crippen molar-refractivity contribution >= 4 is 27.1 Å². The van der Waals surface area contributed by atoms with Crippen LogP contribution in [0.2, 0.25) is 0 Å². The Morgan fingerprint density at radius 1 is 1.25 bits per heavy atom. The van der Waals surface area contributed by atoms with E-state index in [2.05, 4.69) is 5.32 Å². The van der Waals surface area contributed by atoms with Gasteiger partial charge in [0.2, 0.25) is 9.84 Å². The fraction of sp³-hybridized carbons (Fsp3) is 0.538. The molecular weight excluding hydrogens is 308 g/mol. The van der Waals surface area contributed by atoms with Crippen molar-refractivity contribution in [1.82, 2.24) is 0 Å². The van der Waals surface area contributed by atoms with Crippen molar-refractivity contribution in [3.8, 4) is 0 Å². The number of halogens is 3. The molecule has 0 spiro atoms. The van der Waals surface area contributed by atoms with Crippen LogP contribution in [0.1, 0.15) is 19.3 Å². The van der Waals surface area contributed by atoms with Crippen molar-refractivity contribution in [1.29, 1.82) is 0 Å². The fourth-order valence-electron chi connectivity index (χ4n) is 2.05. The third-order valence-corrected chi connectivity index (χ3v) is 5.25. The standard InChI is InChI=1S/C13H16ClF2NO2S/c14-8-7-13(5-6-13)9-17-10-1-3-11(4-2-10)20(18,19)12(15)16/h1-4,12,17H,5-9H2. The second-order valence-electron chi connectivity index (χ2n) is 5.12. The number of hydrogen-bond donors (Lipinski definition) is 1. The number of nitrogens with one attached hydrogen (secondary N) is 1. The monoisotopic (exact) mass is 323 g/mol. The molecule has 1 saturated carbocycles. The van der Waals surface area contributed by atoms with E-state index in [1.807, 2.05) is 0 Å². The first-order chi connectivity index (χ1) is 9.39. The van der Waals surface area contributed by atoms with Crippen LogP contribution in [0.25, 0.3) is 0 Å². The summed E-state index contributed by atoms with van der Waals surface area (Å²) in [6, 6.07) is 5.41. The highest BCUT2D eigenvalue weighted by molar-refractivity contribution is 7.91. The van der Waals surface area contributed by atoms with Crippen LogP contribution in [0.5, 0.6) is 0 Å². The predicted molar refractivity (Wildman–Crippen MR) is 75.1 cm³/mol. The van der Waals surface area contributed by atoms with Gasteiger partial charge in [0.15, 0.2) is 0 Å². The maximum Gasteiger partial charge on any atom is 0.341 e. The smallest absolute Gasteiger partial charge is 0.341 e. The van der Waals surface area contributed by atoms with Crippen LogP contribution in [-0.2, 0) is 9.84 Å². The minimum absolute atomic E-state index is 0.246. The Bertz CT molecular complexity index is 556. The SMILES string of the molecule is O=S(=O)(c1ccc(NCC2(CCCl)CC2)cc1)C(F)F. The zero-order valence-corrected chi connectivity index (χ0v) is 12.4. The molecule has 2 rings (SSSR count). The first kappa shape index (κ1) is 15.5. The molecule has 0 aliphatic heterocycles. The van der Waals surface area contributed by atoms with Crippen molar-refractivity contribution in [3.63, 3.8) is 0 Å². The van der Waals surface area contributed by atoms with E-state index in [9.17, 15) is 17.2 Å². The van der Waals surface area contributed by atoms with Gasteiger partial charge in [-0.3, -0.25) is 0 Å². The summed E-state index contributed by atoms with van der Waals surface area (Å²) in [5.41, 5.74) is 0.967. The molecule has 0 aromatic heterocycles. The minimum Gasteiger partial charge on any atom is -0.384 e. The van der Waals surface area contributed by atoms with Gasteiger partial charge in [-0.05, 0) is 48.9 Å². The summed E-state index contributed by atoms with van der Waals surface area (Å²) < 4.78 is 47.3. The van der Waals surface area contributed by atoms with E-state index in [-0.39, 0.29) is 10.3 Å². The Kier molecular flexibility index (Phi) is 4.54. The summed E-state index contributed by atoms with van der Waals surface area (Å²) >= 11 is 5.74. The molecule has 1 fully saturated rings. The molecule has 0 saturated heterocycles. The number of sulfone groups is 1. The largest absolute Gasteiger partial charge is 0.384 e. The average molecular weight is 324 g/mol. The Balaban J connectivity index is 1.99. The van der Waals surface area contributed by atoms with E-state index in [4.69, 9.17) is 11.6 Å². The van der Waals surface area contributed by atoms with Gasteiger partial charge in [0, 0.05) is 18.1 Å². The van der Waals surface area contributed by atoms with Gasteiger partial charge in [-0.1, -0.05) is 0 Å². The molecule has 112 valence electrons. The van der Waals surface area contributed by atoms with Crippen LogP contribution in [-0.4, -0.2) is 26.6 Å². The van der Waals surface area contributed by atoms with E-state index in [0.29, 0.717) is 5.88 Å². The third-order valence-electron chi connectivity index (χ3n) is 3.67. The zero-order chi connectivity index (χ0) is 14.8. The lowest BCUT2D eigenvalue weighted by Gasteiger charge is -2.15. The molecule has 0 radical (unpaired) electrons. The topological polar surface area (TPSA) is 46.2 Å². The molecule has 0 amide bonds. The lowest BCUT2D eigenvalue weighted by Crippen LogP contribution is -2.16. The van der Waals surface area contributed by atoms with Gasteiger partial charge >= 0.3 is 5.76 Å². The Morgan fingerprint density at radius 3 is 2.30 bits per heavy atom. The first-order valence-electron chi connectivity index (χ1n) is 6.32. The highest BCUT2D eigenvalue weighted by atomic mass is 35.5. The van der Waals surface area contributed by atoms with Gasteiger partial charge in [-0.25, -0.2) is 8.42 Å². The Hall–Kier alpha value is -0.880. The fourth-order valence-corrected chi connectivity index (χ4v) is 3.17. The van der Waals surface area contributed by atoms with Crippen molar-refractivity contribution in [2.75, 3.05) is 17.7 Å². The average Bonchev–Trinajstić information content (AvgIpc) is 3.17. The number of alkyl halides is 3. The maximum absolute atomic E-state index is 12.4. The van der Waals surface area contributed by atoms with Crippen molar-refractivity contribution in [3.05, 3.63) is 24.3 Å². The second-order valence-corrected chi connectivity index (χ2v) is 7.42. The van der Waals surface area contributed by atoms with Crippen molar-refractivity contribution < 1.29 is 17.2 Å². The molecule has 1 aromatic rings. The molecule has 3 nitrogen and oxygen atoms in total. The minimum atomic E-state index is -4.51. The number of benzene rings is 1. The molecule has 0 unspecified atom stereocenters. The molecule has 7 heteroatoms. The van der Waals surface area contributed by atoms with Crippen LogP contribution in [0.4, 0.5) is 14.5 Å². The molecule has 0 heterocycles.